The summed E-state index contributed by atoms with van der Waals surface area (Å²) in [7, 11) is -3.72. The molecule has 1 heterocycles. The van der Waals surface area contributed by atoms with Crippen molar-refractivity contribution in [3.05, 3.63) is 72.8 Å². The maximum Gasteiger partial charge on any atom is 0.374 e. The standard InChI is InChI=1S/C20H16NO3P/c1-25(22,23)24-20-18-13-15(14-7-3-2-4-8-14)11-12-16(18)17-9-5-6-10-19(17)21-20/h2-13H,1H3,(H,22,23). The minimum atomic E-state index is -3.72. The van der Waals surface area contributed by atoms with Crippen LogP contribution in [0.25, 0.3) is 32.8 Å². The number of rotatable bonds is 3. The highest BCUT2D eigenvalue weighted by molar-refractivity contribution is 7.52. The molecule has 1 atom stereocenters. The number of hydrogen-bond donors (Lipinski definition) is 1. The van der Waals surface area contributed by atoms with Gasteiger partial charge in [0.15, 0.2) is 0 Å². The summed E-state index contributed by atoms with van der Waals surface area (Å²) in [5.41, 5.74) is 2.79. The van der Waals surface area contributed by atoms with Crippen molar-refractivity contribution in [1.82, 2.24) is 4.98 Å². The van der Waals surface area contributed by atoms with Gasteiger partial charge in [-0.2, -0.15) is 0 Å². The van der Waals surface area contributed by atoms with E-state index in [-0.39, 0.29) is 5.88 Å². The van der Waals surface area contributed by atoms with Gasteiger partial charge in [-0.05, 0) is 28.6 Å². The van der Waals surface area contributed by atoms with Crippen molar-refractivity contribution in [3.63, 3.8) is 0 Å². The molecule has 0 aliphatic heterocycles. The summed E-state index contributed by atoms with van der Waals surface area (Å²) >= 11 is 0. The molecule has 0 radical (unpaired) electrons. The highest BCUT2D eigenvalue weighted by Gasteiger charge is 2.18. The van der Waals surface area contributed by atoms with Crippen LogP contribution >= 0.6 is 7.60 Å². The Hall–Kier alpha value is -2.68. The molecule has 25 heavy (non-hydrogen) atoms. The van der Waals surface area contributed by atoms with Gasteiger partial charge < -0.3 is 9.42 Å². The van der Waals surface area contributed by atoms with Gasteiger partial charge in [0.2, 0.25) is 5.88 Å². The molecule has 4 rings (SSSR count). The topological polar surface area (TPSA) is 59.4 Å². The molecule has 124 valence electrons. The number of nitrogens with zero attached hydrogens (tertiary/aromatic N) is 1. The van der Waals surface area contributed by atoms with Crippen LogP contribution in [0.4, 0.5) is 0 Å². The van der Waals surface area contributed by atoms with Crippen molar-refractivity contribution in [3.8, 4) is 17.0 Å². The SMILES string of the molecule is CP(=O)(O)Oc1nc2ccccc2c2ccc(-c3ccccc3)cc12. The molecule has 4 aromatic rings. The third-order valence-corrected chi connectivity index (χ3v) is 4.54. The normalized spacial score (nSPS) is 13.7. The van der Waals surface area contributed by atoms with E-state index in [2.05, 4.69) is 4.98 Å². The van der Waals surface area contributed by atoms with Crippen LogP contribution in [-0.4, -0.2) is 16.5 Å². The number of pyridine rings is 1. The van der Waals surface area contributed by atoms with E-state index in [0.29, 0.717) is 0 Å². The van der Waals surface area contributed by atoms with Gasteiger partial charge in [0.05, 0.1) is 5.52 Å². The maximum absolute atomic E-state index is 11.8. The van der Waals surface area contributed by atoms with E-state index in [9.17, 15) is 9.46 Å². The Morgan fingerprint density at radius 1 is 0.840 bits per heavy atom. The van der Waals surface area contributed by atoms with Crippen molar-refractivity contribution >= 4 is 29.3 Å². The number of aromatic nitrogens is 1. The van der Waals surface area contributed by atoms with Crippen molar-refractivity contribution in [2.75, 3.05) is 6.66 Å². The van der Waals surface area contributed by atoms with Crippen LogP contribution in [0.5, 0.6) is 5.88 Å². The molecule has 5 heteroatoms. The quantitative estimate of drug-likeness (QED) is 0.405. The van der Waals surface area contributed by atoms with Crippen LogP contribution in [-0.2, 0) is 4.57 Å². The van der Waals surface area contributed by atoms with E-state index in [1.807, 2.05) is 72.8 Å². The third-order valence-electron chi connectivity index (χ3n) is 4.03. The Morgan fingerprint density at radius 3 is 2.32 bits per heavy atom. The first-order valence-electron chi connectivity index (χ1n) is 7.89. The summed E-state index contributed by atoms with van der Waals surface area (Å²) in [6.45, 7) is 1.16. The first-order chi connectivity index (χ1) is 12.0. The lowest BCUT2D eigenvalue weighted by Gasteiger charge is -2.13. The fourth-order valence-electron chi connectivity index (χ4n) is 2.96. The molecule has 1 N–H and O–H groups in total. The number of fused-ring (bicyclic) bond motifs is 3. The van der Waals surface area contributed by atoms with Crippen molar-refractivity contribution in [2.45, 2.75) is 0 Å². The fourth-order valence-corrected chi connectivity index (χ4v) is 3.42. The van der Waals surface area contributed by atoms with Gasteiger partial charge in [-0.25, -0.2) is 9.55 Å². The lowest BCUT2D eigenvalue weighted by molar-refractivity contribution is 0.384. The lowest BCUT2D eigenvalue weighted by Crippen LogP contribution is -1.95. The maximum atomic E-state index is 11.8. The van der Waals surface area contributed by atoms with Crippen LogP contribution in [0, 0.1) is 0 Å². The van der Waals surface area contributed by atoms with Gasteiger partial charge in [0.25, 0.3) is 0 Å². The molecule has 0 bridgehead atoms. The highest BCUT2D eigenvalue weighted by atomic mass is 31.2. The Labute approximate surface area is 145 Å². The highest BCUT2D eigenvalue weighted by Crippen LogP contribution is 2.42. The Bertz CT molecular complexity index is 1120. The Kier molecular flexibility index (Phi) is 3.79. The van der Waals surface area contributed by atoms with Gasteiger partial charge in [-0.3, -0.25) is 0 Å². The fraction of sp³-hybridized carbons (Fsp3) is 0.0500. The zero-order chi connectivity index (χ0) is 17.4. The molecule has 0 aliphatic rings. The molecule has 0 amide bonds. The molecule has 4 nitrogen and oxygen atoms in total. The molecule has 0 fully saturated rings. The second kappa shape index (κ2) is 5.99. The van der Waals surface area contributed by atoms with Gasteiger partial charge in [-0.15, -0.1) is 0 Å². The summed E-state index contributed by atoms with van der Waals surface area (Å²) in [6.07, 6.45) is 0. The van der Waals surface area contributed by atoms with E-state index < -0.39 is 7.60 Å². The van der Waals surface area contributed by atoms with E-state index in [4.69, 9.17) is 4.52 Å². The first-order valence-corrected chi connectivity index (χ1v) is 9.91. The van der Waals surface area contributed by atoms with Gasteiger partial charge >= 0.3 is 7.60 Å². The number of hydrogen-bond acceptors (Lipinski definition) is 3. The van der Waals surface area contributed by atoms with Crippen LogP contribution in [0.3, 0.4) is 0 Å². The molecular weight excluding hydrogens is 333 g/mol. The third kappa shape index (κ3) is 3.14. The second-order valence-corrected chi connectivity index (χ2v) is 7.74. The predicted octanol–water partition coefficient (Wildman–Crippen LogP) is 5.25. The number of para-hydroxylation sites is 1. The van der Waals surface area contributed by atoms with Crippen molar-refractivity contribution in [2.24, 2.45) is 0 Å². The average Bonchev–Trinajstić information content (AvgIpc) is 2.61. The lowest BCUT2D eigenvalue weighted by atomic mass is 10.00. The van der Waals surface area contributed by atoms with Crippen LogP contribution in [0.1, 0.15) is 0 Å². The van der Waals surface area contributed by atoms with Gasteiger partial charge in [0, 0.05) is 17.4 Å². The molecular formula is C20H16NO3P. The van der Waals surface area contributed by atoms with Crippen LogP contribution in [0.15, 0.2) is 72.8 Å². The zero-order valence-corrected chi connectivity index (χ0v) is 14.5. The Balaban J connectivity index is 2.03. The molecule has 1 aromatic heterocycles. The molecule has 0 aliphatic carbocycles. The van der Waals surface area contributed by atoms with Crippen molar-refractivity contribution in [1.29, 1.82) is 0 Å². The average molecular weight is 349 g/mol. The van der Waals surface area contributed by atoms with E-state index in [0.717, 1.165) is 39.5 Å². The number of benzene rings is 3. The summed E-state index contributed by atoms with van der Waals surface area (Å²) in [6, 6.07) is 23.6. The second-order valence-electron chi connectivity index (χ2n) is 5.95. The molecule has 1 unspecified atom stereocenters. The first kappa shape index (κ1) is 15.8. The Morgan fingerprint density at radius 2 is 1.56 bits per heavy atom. The molecule has 3 aromatic carbocycles. The monoisotopic (exact) mass is 349 g/mol. The summed E-state index contributed by atoms with van der Waals surface area (Å²) in [4.78, 5) is 14.2. The van der Waals surface area contributed by atoms with Crippen LogP contribution in [0.2, 0.25) is 0 Å². The molecule has 0 saturated heterocycles. The van der Waals surface area contributed by atoms with Gasteiger partial charge in [0.1, 0.15) is 0 Å². The van der Waals surface area contributed by atoms with E-state index in [1.54, 1.807) is 0 Å². The van der Waals surface area contributed by atoms with E-state index >= 15 is 0 Å². The molecule has 0 spiro atoms. The summed E-state index contributed by atoms with van der Waals surface area (Å²) in [5.74, 6) is 0.180. The minimum absolute atomic E-state index is 0.180. The largest absolute Gasteiger partial charge is 0.405 e. The predicted molar refractivity (Wildman–Crippen MR) is 101 cm³/mol. The summed E-state index contributed by atoms with van der Waals surface area (Å²) in [5, 5.41) is 2.64. The van der Waals surface area contributed by atoms with Gasteiger partial charge in [-0.1, -0.05) is 60.7 Å². The minimum Gasteiger partial charge on any atom is -0.405 e. The summed E-state index contributed by atoms with van der Waals surface area (Å²) < 4.78 is 17.1. The van der Waals surface area contributed by atoms with E-state index in [1.165, 1.54) is 0 Å². The smallest absolute Gasteiger partial charge is 0.374 e. The van der Waals surface area contributed by atoms with Crippen molar-refractivity contribution < 1.29 is 14.0 Å². The molecule has 0 saturated carbocycles. The zero-order valence-electron chi connectivity index (χ0n) is 13.6. The van der Waals surface area contributed by atoms with Crippen LogP contribution < -0.4 is 4.52 Å².